The number of rotatable bonds is 7. The standard InChI is InChI=1S/C21H24FN3O2/c1-23-20-8-5-15(11-21(20)27-13-17(26)12-22)18-7-4-14-10-16(25(2)3)6-9-19(14)24-18/h4-11,17,23,26H,12-13H2,1-3H3. The summed E-state index contributed by atoms with van der Waals surface area (Å²) in [6, 6.07) is 15.8. The molecular formula is C21H24FN3O2. The molecule has 27 heavy (non-hydrogen) atoms. The van der Waals surface area contributed by atoms with Gasteiger partial charge in [0.2, 0.25) is 0 Å². The van der Waals surface area contributed by atoms with Gasteiger partial charge in [0.05, 0.1) is 16.9 Å². The SMILES string of the molecule is CNc1ccc(-c2ccc3cc(N(C)C)ccc3n2)cc1OCC(O)CF. The predicted molar refractivity (Wildman–Crippen MR) is 109 cm³/mol. The summed E-state index contributed by atoms with van der Waals surface area (Å²) in [7, 11) is 5.80. The van der Waals surface area contributed by atoms with Crippen LogP contribution >= 0.6 is 0 Å². The van der Waals surface area contributed by atoms with E-state index in [4.69, 9.17) is 9.72 Å². The van der Waals surface area contributed by atoms with E-state index in [0.29, 0.717) is 5.75 Å². The lowest BCUT2D eigenvalue weighted by Crippen LogP contribution is -2.19. The van der Waals surface area contributed by atoms with Gasteiger partial charge in [0.25, 0.3) is 0 Å². The summed E-state index contributed by atoms with van der Waals surface area (Å²) < 4.78 is 18.1. The van der Waals surface area contributed by atoms with Gasteiger partial charge < -0.3 is 20.1 Å². The summed E-state index contributed by atoms with van der Waals surface area (Å²) in [4.78, 5) is 6.80. The van der Waals surface area contributed by atoms with E-state index in [-0.39, 0.29) is 6.61 Å². The Hall–Kier alpha value is -2.86. The number of alkyl halides is 1. The zero-order chi connectivity index (χ0) is 19.4. The molecule has 3 rings (SSSR count). The number of aromatic nitrogens is 1. The van der Waals surface area contributed by atoms with E-state index in [9.17, 15) is 9.50 Å². The minimum atomic E-state index is -1.14. The fourth-order valence-electron chi connectivity index (χ4n) is 2.79. The van der Waals surface area contributed by atoms with Crippen LogP contribution in [0.2, 0.25) is 0 Å². The Morgan fingerprint density at radius 3 is 2.67 bits per heavy atom. The number of pyridine rings is 1. The number of nitrogens with one attached hydrogen (secondary N) is 1. The summed E-state index contributed by atoms with van der Waals surface area (Å²) in [5.41, 5.74) is 4.50. The Morgan fingerprint density at radius 2 is 1.96 bits per heavy atom. The topological polar surface area (TPSA) is 57.6 Å². The van der Waals surface area contributed by atoms with E-state index < -0.39 is 12.8 Å². The number of halogens is 1. The minimum absolute atomic E-state index is 0.104. The first kappa shape index (κ1) is 18.9. The van der Waals surface area contributed by atoms with Gasteiger partial charge in [0.1, 0.15) is 25.1 Å². The average molecular weight is 369 g/mol. The zero-order valence-electron chi connectivity index (χ0n) is 15.7. The van der Waals surface area contributed by atoms with Gasteiger partial charge in [-0.15, -0.1) is 0 Å². The Morgan fingerprint density at radius 1 is 1.15 bits per heavy atom. The van der Waals surface area contributed by atoms with Crippen LogP contribution < -0.4 is 15.0 Å². The van der Waals surface area contributed by atoms with Crippen molar-refractivity contribution in [2.45, 2.75) is 6.10 Å². The third kappa shape index (κ3) is 4.28. The molecule has 0 fully saturated rings. The second kappa shape index (κ2) is 8.22. The van der Waals surface area contributed by atoms with Crippen molar-refractivity contribution in [2.24, 2.45) is 0 Å². The van der Waals surface area contributed by atoms with E-state index in [2.05, 4.69) is 16.3 Å². The van der Waals surface area contributed by atoms with Crippen LogP contribution in [-0.2, 0) is 0 Å². The van der Waals surface area contributed by atoms with Gasteiger partial charge in [-0.2, -0.15) is 0 Å². The van der Waals surface area contributed by atoms with Gasteiger partial charge in [0.15, 0.2) is 0 Å². The molecule has 0 bridgehead atoms. The molecule has 1 aromatic heterocycles. The van der Waals surface area contributed by atoms with Crippen LogP contribution in [0.5, 0.6) is 5.75 Å². The highest BCUT2D eigenvalue weighted by Gasteiger charge is 2.10. The number of fused-ring (bicyclic) bond motifs is 1. The Kier molecular flexibility index (Phi) is 5.76. The molecule has 142 valence electrons. The molecule has 1 heterocycles. The van der Waals surface area contributed by atoms with Crippen molar-refractivity contribution in [3.05, 3.63) is 48.5 Å². The Labute approximate surface area is 158 Å². The molecule has 0 saturated heterocycles. The van der Waals surface area contributed by atoms with Gasteiger partial charge in [-0.1, -0.05) is 12.1 Å². The van der Waals surface area contributed by atoms with Crippen molar-refractivity contribution in [1.82, 2.24) is 4.98 Å². The molecule has 1 unspecified atom stereocenters. The maximum absolute atomic E-state index is 12.5. The largest absolute Gasteiger partial charge is 0.489 e. The number of benzene rings is 2. The lowest BCUT2D eigenvalue weighted by molar-refractivity contribution is 0.0845. The average Bonchev–Trinajstić information content (AvgIpc) is 2.70. The molecule has 0 spiro atoms. The highest BCUT2D eigenvalue weighted by molar-refractivity contribution is 5.85. The lowest BCUT2D eigenvalue weighted by Gasteiger charge is -2.15. The number of ether oxygens (including phenoxy) is 1. The van der Waals surface area contributed by atoms with Gasteiger partial charge in [-0.25, -0.2) is 9.37 Å². The maximum Gasteiger partial charge on any atom is 0.143 e. The first-order valence-electron chi connectivity index (χ1n) is 8.79. The fourth-order valence-corrected chi connectivity index (χ4v) is 2.79. The normalized spacial score (nSPS) is 12.0. The lowest BCUT2D eigenvalue weighted by atomic mass is 10.1. The monoisotopic (exact) mass is 369 g/mol. The third-order valence-corrected chi connectivity index (χ3v) is 4.35. The van der Waals surface area contributed by atoms with Gasteiger partial charge >= 0.3 is 0 Å². The first-order valence-corrected chi connectivity index (χ1v) is 8.79. The van der Waals surface area contributed by atoms with Crippen LogP contribution in [0.1, 0.15) is 0 Å². The summed E-state index contributed by atoms with van der Waals surface area (Å²) in [5, 5.41) is 13.5. The molecule has 6 heteroatoms. The van der Waals surface area contributed by atoms with E-state index in [1.54, 1.807) is 7.05 Å². The van der Waals surface area contributed by atoms with Crippen LogP contribution in [0.25, 0.3) is 22.2 Å². The van der Waals surface area contributed by atoms with Crippen LogP contribution in [0, 0.1) is 0 Å². The molecule has 2 aromatic carbocycles. The second-order valence-corrected chi connectivity index (χ2v) is 6.55. The van der Waals surface area contributed by atoms with Crippen molar-refractivity contribution in [3.63, 3.8) is 0 Å². The van der Waals surface area contributed by atoms with Crippen LogP contribution in [-0.4, -0.2) is 50.6 Å². The quantitative estimate of drug-likeness (QED) is 0.665. The van der Waals surface area contributed by atoms with Crippen molar-refractivity contribution in [1.29, 1.82) is 0 Å². The fraction of sp³-hybridized carbons (Fsp3) is 0.286. The third-order valence-electron chi connectivity index (χ3n) is 4.35. The van der Waals surface area contributed by atoms with E-state index >= 15 is 0 Å². The van der Waals surface area contributed by atoms with Gasteiger partial charge in [-0.05, 0) is 36.4 Å². The Balaban J connectivity index is 1.94. The highest BCUT2D eigenvalue weighted by atomic mass is 19.1. The molecule has 0 aliphatic heterocycles. The van der Waals surface area contributed by atoms with Crippen molar-refractivity contribution >= 4 is 22.3 Å². The molecular weight excluding hydrogens is 345 g/mol. The van der Waals surface area contributed by atoms with Crippen LogP contribution in [0.15, 0.2) is 48.5 Å². The predicted octanol–water partition coefficient (Wildman–Crippen LogP) is 3.72. The van der Waals surface area contributed by atoms with Crippen molar-refractivity contribution in [3.8, 4) is 17.0 Å². The molecule has 0 amide bonds. The number of aliphatic hydroxyl groups is 1. The number of hydrogen-bond donors (Lipinski definition) is 2. The van der Waals surface area contributed by atoms with E-state index in [0.717, 1.165) is 33.5 Å². The maximum atomic E-state index is 12.5. The molecule has 0 aliphatic carbocycles. The van der Waals surface area contributed by atoms with Gasteiger partial charge in [-0.3, -0.25) is 0 Å². The first-order chi connectivity index (χ1) is 13.0. The van der Waals surface area contributed by atoms with Crippen molar-refractivity contribution in [2.75, 3.05) is 44.6 Å². The molecule has 0 radical (unpaired) electrons. The second-order valence-electron chi connectivity index (χ2n) is 6.55. The smallest absolute Gasteiger partial charge is 0.143 e. The van der Waals surface area contributed by atoms with Crippen LogP contribution in [0.4, 0.5) is 15.8 Å². The minimum Gasteiger partial charge on any atom is -0.489 e. The number of aliphatic hydroxyl groups excluding tert-OH is 1. The molecule has 0 aliphatic rings. The molecule has 0 saturated carbocycles. The Bertz CT molecular complexity index is 930. The zero-order valence-corrected chi connectivity index (χ0v) is 15.7. The van der Waals surface area contributed by atoms with E-state index in [1.165, 1.54) is 0 Å². The summed E-state index contributed by atoms with van der Waals surface area (Å²) in [6.45, 7) is -0.942. The summed E-state index contributed by atoms with van der Waals surface area (Å²) in [6.07, 6.45) is -1.14. The molecule has 3 aromatic rings. The summed E-state index contributed by atoms with van der Waals surface area (Å²) >= 11 is 0. The highest BCUT2D eigenvalue weighted by Crippen LogP contribution is 2.31. The van der Waals surface area contributed by atoms with E-state index in [1.807, 2.05) is 56.6 Å². The van der Waals surface area contributed by atoms with Crippen LogP contribution in [0.3, 0.4) is 0 Å². The number of hydrogen-bond acceptors (Lipinski definition) is 5. The summed E-state index contributed by atoms with van der Waals surface area (Å²) in [5.74, 6) is 0.548. The number of anilines is 2. The van der Waals surface area contributed by atoms with Crippen molar-refractivity contribution < 1.29 is 14.2 Å². The molecule has 1 atom stereocenters. The number of nitrogens with zero attached hydrogens (tertiary/aromatic N) is 2. The molecule has 5 nitrogen and oxygen atoms in total. The van der Waals surface area contributed by atoms with Gasteiger partial charge in [0, 0.05) is 37.8 Å². The molecule has 2 N–H and O–H groups in total.